The average molecular weight is 223 g/mol. The number of rotatable bonds is 7. The van der Waals surface area contributed by atoms with Crippen molar-refractivity contribution in [3.8, 4) is 0 Å². The third kappa shape index (κ3) is 4.31. The van der Waals surface area contributed by atoms with Crippen molar-refractivity contribution in [2.45, 2.75) is 39.2 Å². The maximum absolute atomic E-state index is 5.64. The van der Waals surface area contributed by atoms with Gasteiger partial charge in [0.05, 0.1) is 6.61 Å². The van der Waals surface area contributed by atoms with Crippen LogP contribution in [0.25, 0.3) is 0 Å². The number of hydrogen-bond acceptors (Lipinski definition) is 3. The molecule has 0 aromatic heterocycles. The van der Waals surface area contributed by atoms with Gasteiger partial charge in [0, 0.05) is 13.7 Å². The Hall–Kier alpha value is -0.900. The van der Waals surface area contributed by atoms with Crippen LogP contribution < -0.4 is 5.73 Å². The summed E-state index contributed by atoms with van der Waals surface area (Å²) in [7, 11) is 1.68. The molecule has 0 aliphatic rings. The molecular formula is C13H21NO2. The number of benzene rings is 1. The molecule has 0 saturated heterocycles. The Morgan fingerprint density at radius 3 is 2.31 bits per heavy atom. The highest BCUT2D eigenvalue weighted by atomic mass is 16.7. The Morgan fingerprint density at radius 2 is 1.81 bits per heavy atom. The minimum atomic E-state index is -0.0980. The number of hydrogen-bond donors (Lipinski definition) is 1. The smallest absolute Gasteiger partial charge is 0.157 e. The van der Waals surface area contributed by atoms with Crippen molar-refractivity contribution in [3.05, 3.63) is 35.4 Å². The van der Waals surface area contributed by atoms with Crippen LogP contribution in [-0.2, 0) is 22.6 Å². The van der Waals surface area contributed by atoms with Crippen molar-refractivity contribution in [2.24, 2.45) is 5.73 Å². The molecular weight excluding hydrogens is 202 g/mol. The predicted octanol–water partition coefficient (Wildman–Crippen LogP) is 2.43. The van der Waals surface area contributed by atoms with Crippen molar-refractivity contribution in [1.29, 1.82) is 0 Å². The molecule has 2 N–H and O–H groups in total. The molecule has 1 aromatic rings. The van der Waals surface area contributed by atoms with E-state index in [4.69, 9.17) is 15.2 Å². The lowest BCUT2D eigenvalue weighted by atomic mass is 10.1. The van der Waals surface area contributed by atoms with Crippen LogP contribution in [0.5, 0.6) is 0 Å². The highest BCUT2D eigenvalue weighted by molar-refractivity contribution is 5.21. The summed E-state index contributed by atoms with van der Waals surface area (Å²) in [6.45, 7) is 3.28. The molecule has 0 bridgehead atoms. The van der Waals surface area contributed by atoms with E-state index in [9.17, 15) is 0 Å². The summed E-state index contributed by atoms with van der Waals surface area (Å²) in [6.07, 6.45) is 1.89. The van der Waals surface area contributed by atoms with Crippen LogP contribution in [0.15, 0.2) is 24.3 Å². The topological polar surface area (TPSA) is 44.5 Å². The van der Waals surface area contributed by atoms with E-state index in [0.29, 0.717) is 13.2 Å². The van der Waals surface area contributed by atoms with Crippen LogP contribution >= 0.6 is 0 Å². The van der Waals surface area contributed by atoms with E-state index in [0.717, 1.165) is 24.0 Å². The lowest BCUT2D eigenvalue weighted by Gasteiger charge is -2.15. The summed E-state index contributed by atoms with van der Waals surface area (Å²) in [4.78, 5) is 0. The van der Waals surface area contributed by atoms with Gasteiger partial charge in [0.25, 0.3) is 0 Å². The van der Waals surface area contributed by atoms with Crippen LogP contribution in [-0.4, -0.2) is 13.4 Å². The molecule has 0 radical (unpaired) electrons. The Labute approximate surface area is 97.6 Å². The molecule has 0 saturated carbocycles. The van der Waals surface area contributed by atoms with Gasteiger partial charge in [-0.2, -0.15) is 0 Å². The lowest BCUT2D eigenvalue weighted by Crippen LogP contribution is -2.14. The van der Waals surface area contributed by atoms with Gasteiger partial charge in [-0.3, -0.25) is 0 Å². The predicted molar refractivity (Wildman–Crippen MR) is 64.8 cm³/mol. The van der Waals surface area contributed by atoms with Gasteiger partial charge in [-0.15, -0.1) is 0 Å². The SMILES string of the molecule is CCCC(OC)OCc1ccc(CN)cc1. The van der Waals surface area contributed by atoms with Gasteiger partial charge >= 0.3 is 0 Å². The van der Waals surface area contributed by atoms with E-state index in [-0.39, 0.29) is 6.29 Å². The molecule has 1 unspecified atom stereocenters. The second-order valence-corrected chi connectivity index (χ2v) is 3.79. The highest BCUT2D eigenvalue weighted by Gasteiger charge is 2.05. The van der Waals surface area contributed by atoms with E-state index in [1.54, 1.807) is 7.11 Å². The molecule has 90 valence electrons. The molecule has 0 spiro atoms. The Morgan fingerprint density at radius 1 is 1.19 bits per heavy atom. The first-order valence-electron chi connectivity index (χ1n) is 5.72. The number of ether oxygens (including phenoxy) is 2. The van der Waals surface area contributed by atoms with Crippen molar-refractivity contribution >= 4 is 0 Å². The Kier molecular flexibility index (Phi) is 6.08. The second-order valence-electron chi connectivity index (χ2n) is 3.79. The molecule has 3 nitrogen and oxygen atoms in total. The molecule has 1 aromatic carbocycles. The quantitative estimate of drug-likeness (QED) is 0.722. The van der Waals surface area contributed by atoms with E-state index in [2.05, 4.69) is 6.92 Å². The summed E-state index contributed by atoms with van der Waals surface area (Å²) in [6, 6.07) is 8.14. The van der Waals surface area contributed by atoms with Gasteiger partial charge < -0.3 is 15.2 Å². The fourth-order valence-corrected chi connectivity index (χ4v) is 1.47. The zero-order chi connectivity index (χ0) is 11.8. The molecule has 0 aliphatic heterocycles. The third-order valence-corrected chi connectivity index (χ3v) is 2.48. The van der Waals surface area contributed by atoms with Crippen LogP contribution in [0.4, 0.5) is 0 Å². The van der Waals surface area contributed by atoms with Gasteiger partial charge in [0.1, 0.15) is 0 Å². The van der Waals surface area contributed by atoms with Gasteiger partial charge in [0.2, 0.25) is 0 Å². The molecule has 3 heteroatoms. The summed E-state index contributed by atoms with van der Waals surface area (Å²) < 4.78 is 10.9. The van der Waals surface area contributed by atoms with Crippen LogP contribution in [0, 0.1) is 0 Å². The van der Waals surface area contributed by atoms with Crippen molar-refractivity contribution < 1.29 is 9.47 Å². The third-order valence-electron chi connectivity index (χ3n) is 2.48. The average Bonchev–Trinajstić information content (AvgIpc) is 2.35. The monoisotopic (exact) mass is 223 g/mol. The highest BCUT2D eigenvalue weighted by Crippen LogP contribution is 2.09. The maximum atomic E-state index is 5.64. The first-order valence-corrected chi connectivity index (χ1v) is 5.72. The molecule has 16 heavy (non-hydrogen) atoms. The summed E-state index contributed by atoms with van der Waals surface area (Å²) >= 11 is 0. The second kappa shape index (κ2) is 7.39. The lowest BCUT2D eigenvalue weighted by molar-refractivity contribution is -0.135. The van der Waals surface area contributed by atoms with Crippen LogP contribution in [0.2, 0.25) is 0 Å². The Balaban J connectivity index is 2.40. The van der Waals surface area contributed by atoms with Gasteiger partial charge in [0.15, 0.2) is 6.29 Å². The van der Waals surface area contributed by atoms with Gasteiger partial charge in [-0.25, -0.2) is 0 Å². The van der Waals surface area contributed by atoms with Gasteiger partial charge in [-0.1, -0.05) is 37.6 Å². The minimum absolute atomic E-state index is 0.0980. The molecule has 1 atom stereocenters. The first kappa shape index (κ1) is 13.2. The number of methoxy groups -OCH3 is 1. The van der Waals surface area contributed by atoms with Crippen LogP contribution in [0.1, 0.15) is 30.9 Å². The molecule has 0 fully saturated rings. The fourth-order valence-electron chi connectivity index (χ4n) is 1.47. The normalized spacial score (nSPS) is 12.7. The minimum Gasteiger partial charge on any atom is -0.356 e. The largest absolute Gasteiger partial charge is 0.356 e. The zero-order valence-corrected chi connectivity index (χ0v) is 10.1. The standard InChI is InChI=1S/C13H21NO2/c1-3-4-13(15-2)16-10-12-7-5-11(9-14)6-8-12/h5-8,13H,3-4,9-10,14H2,1-2H3. The Bertz CT molecular complexity index is 284. The first-order chi connectivity index (χ1) is 7.80. The van der Waals surface area contributed by atoms with E-state index in [1.165, 1.54) is 0 Å². The van der Waals surface area contributed by atoms with Crippen molar-refractivity contribution in [2.75, 3.05) is 7.11 Å². The zero-order valence-electron chi connectivity index (χ0n) is 10.1. The van der Waals surface area contributed by atoms with Crippen molar-refractivity contribution in [3.63, 3.8) is 0 Å². The summed E-state index contributed by atoms with van der Waals surface area (Å²) in [5, 5.41) is 0. The summed E-state index contributed by atoms with van der Waals surface area (Å²) in [5.74, 6) is 0. The van der Waals surface area contributed by atoms with Crippen LogP contribution in [0.3, 0.4) is 0 Å². The van der Waals surface area contributed by atoms with E-state index < -0.39 is 0 Å². The summed E-state index contributed by atoms with van der Waals surface area (Å²) in [5.41, 5.74) is 7.82. The van der Waals surface area contributed by atoms with Crippen molar-refractivity contribution in [1.82, 2.24) is 0 Å². The number of nitrogens with two attached hydrogens (primary N) is 1. The van der Waals surface area contributed by atoms with E-state index >= 15 is 0 Å². The maximum Gasteiger partial charge on any atom is 0.157 e. The molecule has 1 rings (SSSR count). The van der Waals surface area contributed by atoms with Gasteiger partial charge in [-0.05, 0) is 17.5 Å². The molecule has 0 amide bonds. The fraction of sp³-hybridized carbons (Fsp3) is 0.538. The molecule has 0 aliphatic carbocycles. The van der Waals surface area contributed by atoms with E-state index in [1.807, 2.05) is 24.3 Å². The molecule has 0 heterocycles.